The second-order valence-electron chi connectivity index (χ2n) is 3.19. The molecule has 0 unspecified atom stereocenters. The summed E-state index contributed by atoms with van der Waals surface area (Å²) in [5.74, 6) is 0.178. The lowest BCUT2D eigenvalue weighted by Crippen LogP contribution is -2.00. The number of Topliss-reactive ketones (excluding diaryl/α,β-unsaturated/α-hetero) is 1. The van der Waals surface area contributed by atoms with Gasteiger partial charge in [0.15, 0.2) is 5.78 Å². The van der Waals surface area contributed by atoms with Crippen LogP contribution in [0.3, 0.4) is 0 Å². The van der Waals surface area contributed by atoms with Gasteiger partial charge in [-0.1, -0.05) is 30.3 Å². The Hall–Kier alpha value is -0.930. The quantitative estimate of drug-likeness (QED) is 0.779. The van der Waals surface area contributed by atoms with Crippen LogP contribution in [-0.2, 0) is 6.42 Å². The number of halogens is 1. The fourth-order valence-electron chi connectivity index (χ4n) is 1.33. The van der Waals surface area contributed by atoms with Gasteiger partial charge in [0, 0.05) is 6.42 Å². The molecule has 0 N–H and O–H groups in total. The van der Waals surface area contributed by atoms with Crippen molar-refractivity contribution in [3.05, 3.63) is 56.7 Å². The number of hydrogen-bond acceptors (Lipinski definition) is 2. The molecule has 2 aromatic rings. The summed E-state index contributed by atoms with van der Waals surface area (Å²) >= 11 is 4.83. The molecule has 1 aromatic heterocycles. The summed E-state index contributed by atoms with van der Waals surface area (Å²) in [7, 11) is 0. The second kappa shape index (κ2) is 4.73. The molecular formula is C12H9BrOS. The number of ketones is 1. The monoisotopic (exact) mass is 280 g/mol. The highest BCUT2D eigenvalue weighted by atomic mass is 79.9. The van der Waals surface area contributed by atoms with Crippen LogP contribution in [0.1, 0.15) is 15.2 Å². The largest absolute Gasteiger partial charge is 0.293 e. The first-order valence-electron chi connectivity index (χ1n) is 4.58. The smallest absolute Gasteiger partial charge is 0.177 e. The molecule has 1 nitrogen and oxygen atoms in total. The molecule has 0 bridgehead atoms. The van der Waals surface area contributed by atoms with Crippen molar-refractivity contribution in [2.45, 2.75) is 6.42 Å². The van der Waals surface area contributed by atoms with Crippen molar-refractivity contribution < 1.29 is 4.79 Å². The maximum atomic E-state index is 11.8. The van der Waals surface area contributed by atoms with Crippen molar-refractivity contribution in [3.63, 3.8) is 0 Å². The third-order valence-electron chi connectivity index (χ3n) is 2.06. The van der Waals surface area contributed by atoms with Gasteiger partial charge >= 0.3 is 0 Å². The Balaban J connectivity index is 2.11. The van der Waals surface area contributed by atoms with E-state index in [9.17, 15) is 4.79 Å². The summed E-state index contributed by atoms with van der Waals surface area (Å²) in [4.78, 5) is 12.6. The molecule has 0 radical (unpaired) electrons. The van der Waals surface area contributed by atoms with E-state index in [0.717, 1.165) is 14.2 Å². The molecule has 76 valence electrons. The molecule has 0 amide bonds. The van der Waals surface area contributed by atoms with E-state index in [2.05, 4.69) is 15.9 Å². The SMILES string of the molecule is O=C(Cc1ccccc1)c1ccc(Br)s1. The molecule has 0 fully saturated rings. The van der Waals surface area contributed by atoms with Gasteiger partial charge in [-0.2, -0.15) is 0 Å². The second-order valence-corrected chi connectivity index (χ2v) is 5.65. The summed E-state index contributed by atoms with van der Waals surface area (Å²) in [6.45, 7) is 0. The van der Waals surface area contributed by atoms with E-state index in [4.69, 9.17) is 0 Å². The molecule has 0 spiro atoms. The van der Waals surface area contributed by atoms with E-state index < -0.39 is 0 Å². The number of hydrogen-bond donors (Lipinski definition) is 0. The van der Waals surface area contributed by atoms with Crippen LogP contribution in [0.5, 0.6) is 0 Å². The summed E-state index contributed by atoms with van der Waals surface area (Å²) in [5.41, 5.74) is 1.06. The van der Waals surface area contributed by atoms with E-state index >= 15 is 0 Å². The first kappa shape index (κ1) is 10.6. The van der Waals surface area contributed by atoms with Crippen LogP contribution < -0.4 is 0 Å². The van der Waals surface area contributed by atoms with Crippen molar-refractivity contribution in [2.75, 3.05) is 0 Å². The Morgan fingerprint density at radius 1 is 1.13 bits per heavy atom. The van der Waals surface area contributed by atoms with Crippen molar-refractivity contribution in [1.29, 1.82) is 0 Å². The Morgan fingerprint density at radius 3 is 2.47 bits per heavy atom. The van der Waals surface area contributed by atoms with Crippen LogP contribution >= 0.6 is 27.3 Å². The minimum Gasteiger partial charge on any atom is -0.293 e. The Labute approximate surface area is 101 Å². The van der Waals surface area contributed by atoms with Gasteiger partial charge in [-0.3, -0.25) is 4.79 Å². The Kier molecular flexibility index (Phi) is 3.34. The van der Waals surface area contributed by atoms with Crippen LogP contribution in [0.15, 0.2) is 46.3 Å². The molecular weight excluding hydrogens is 272 g/mol. The highest BCUT2D eigenvalue weighted by molar-refractivity contribution is 9.11. The maximum absolute atomic E-state index is 11.8. The summed E-state index contributed by atoms with van der Waals surface area (Å²) in [5, 5.41) is 0. The van der Waals surface area contributed by atoms with Crippen molar-refractivity contribution in [2.24, 2.45) is 0 Å². The average molecular weight is 281 g/mol. The van der Waals surface area contributed by atoms with Crippen LogP contribution in [0, 0.1) is 0 Å². The summed E-state index contributed by atoms with van der Waals surface area (Å²) in [6, 6.07) is 13.6. The number of rotatable bonds is 3. The predicted octanol–water partition coefficient (Wildman–Crippen LogP) is 3.94. The summed E-state index contributed by atoms with van der Waals surface area (Å²) in [6.07, 6.45) is 0.480. The van der Waals surface area contributed by atoms with Crippen molar-refractivity contribution in [3.8, 4) is 0 Å². The molecule has 0 atom stereocenters. The first-order valence-corrected chi connectivity index (χ1v) is 6.19. The number of carbonyl (C=O) groups excluding carboxylic acids is 1. The molecule has 0 saturated carbocycles. The molecule has 0 saturated heterocycles. The summed E-state index contributed by atoms with van der Waals surface area (Å²) < 4.78 is 0.999. The zero-order chi connectivity index (χ0) is 10.7. The highest BCUT2D eigenvalue weighted by Gasteiger charge is 2.08. The van der Waals surface area contributed by atoms with E-state index in [1.807, 2.05) is 42.5 Å². The lowest BCUT2D eigenvalue weighted by molar-refractivity contribution is 0.0997. The molecule has 1 heterocycles. The average Bonchev–Trinajstić information content (AvgIpc) is 2.66. The molecule has 1 aromatic carbocycles. The lowest BCUT2D eigenvalue weighted by Gasteiger charge is -1.97. The predicted molar refractivity (Wildman–Crippen MR) is 66.5 cm³/mol. The third-order valence-corrected chi connectivity index (χ3v) is 3.72. The molecule has 2 rings (SSSR count). The van der Waals surface area contributed by atoms with Crippen molar-refractivity contribution in [1.82, 2.24) is 0 Å². The number of benzene rings is 1. The van der Waals surface area contributed by atoms with Crippen LogP contribution in [0.4, 0.5) is 0 Å². The van der Waals surface area contributed by atoms with E-state index in [0.29, 0.717) is 6.42 Å². The van der Waals surface area contributed by atoms with Gasteiger partial charge in [-0.25, -0.2) is 0 Å². The molecule has 3 heteroatoms. The van der Waals surface area contributed by atoms with Crippen LogP contribution in [-0.4, -0.2) is 5.78 Å². The lowest BCUT2D eigenvalue weighted by atomic mass is 10.1. The topological polar surface area (TPSA) is 17.1 Å². The zero-order valence-electron chi connectivity index (χ0n) is 7.94. The molecule has 0 aliphatic carbocycles. The Morgan fingerprint density at radius 2 is 1.87 bits per heavy atom. The normalized spacial score (nSPS) is 10.2. The molecule has 0 aliphatic heterocycles. The fourth-order valence-corrected chi connectivity index (χ4v) is 2.66. The van der Waals surface area contributed by atoms with Crippen LogP contribution in [0.25, 0.3) is 0 Å². The maximum Gasteiger partial charge on any atom is 0.177 e. The molecule has 0 aliphatic rings. The van der Waals surface area contributed by atoms with Crippen molar-refractivity contribution >= 4 is 33.0 Å². The van der Waals surface area contributed by atoms with Crippen LogP contribution in [0.2, 0.25) is 0 Å². The van der Waals surface area contributed by atoms with Gasteiger partial charge in [0.05, 0.1) is 8.66 Å². The fraction of sp³-hybridized carbons (Fsp3) is 0.0833. The highest BCUT2D eigenvalue weighted by Crippen LogP contribution is 2.23. The van der Waals surface area contributed by atoms with E-state index in [-0.39, 0.29) is 5.78 Å². The van der Waals surface area contributed by atoms with Gasteiger partial charge in [0.1, 0.15) is 0 Å². The minimum atomic E-state index is 0.178. The standard InChI is InChI=1S/C12H9BrOS/c13-12-7-6-11(15-12)10(14)8-9-4-2-1-3-5-9/h1-7H,8H2. The van der Waals surface area contributed by atoms with E-state index in [1.165, 1.54) is 11.3 Å². The zero-order valence-corrected chi connectivity index (χ0v) is 10.3. The van der Waals surface area contributed by atoms with E-state index in [1.54, 1.807) is 0 Å². The van der Waals surface area contributed by atoms with Gasteiger partial charge in [0.2, 0.25) is 0 Å². The Bertz CT molecular complexity index is 461. The van der Waals surface area contributed by atoms with Gasteiger partial charge < -0.3 is 0 Å². The first-order chi connectivity index (χ1) is 7.25. The van der Waals surface area contributed by atoms with Gasteiger partial charge in [-0.15, -0.1) is 11.3 Å². The molecule has 15 heavy (non-hydrogen) atoms. The minimum absolute atomic E-state index is 0.178. The third kappa shape index (κ3) is 2.76. The number of carbonyl (C=O) groups is 1. The number of thiophene rings is 1. The van der Waals surface area contributed by atoms with Gasteiger partial charge in [-0.05, 0) is 33.6 Å². The van der Waals surface area contributed by atoms with Gasteiger partial charge in [0.25, 0.3) is 0 Å².